The molecule has 0 atom stereocenters. The van der Waals surface area contributed by atoms with Crippen LogP contribution in [0.4, 0.5) is 0 Å². The van der Waals surface area contributed by atoms with Gasteiger partial charge in [-0.05, 0) is 27.0 Å². The van der Waals surface area contributed by atoms with Crippen LogP contribution >= 0.6 is 11.3 Å². The Hall–Kier alpha value is -1.13. The summed E-state index contributed by atoms with van der Waals surface area (Å²) in [6.45, 7) is 4.91. The van der Waals surface area contributed by atoms with E-state index in [-0.39, 0.29) is 0 Å². The lowest BCUT2D eigenvalue weighted by atomic mass is 10.2. The number of hydrogen-bond donors (Lipinski definition) is 1. The van der Waals surface area contributed by atoms with Crippen LogP contribution in [0.3, 0.4) is 0 Å². The molecule has 0 aliphatic heterocycles. The van der Waals surface area contributed by atoms with E-state index in [1.54, 1.807) is 11.3 Å². The molecule has 0 aliphatic rings. The zero-order valence-corrected chi connectivity index (χ0v) is 10.6. The largest absolute Gasteiger partial charge is 0.466 e. The summed E-state index contributed by atoms with van der Waals surface area (Å²) in [5.74, 6) is 1.89. The van der Waals surface area contributed by atoms with Crippen molar-refractivity contribution in [3.05, 3.63) is 28.0 Å². The molecule has 1 N–H and O–H groups in total. The summed E-state index contributed by atoms with van der Waals surface area (Å²) in [6.07, 6.45) is 0.983. The van der Waals surface area contributed by atoms with Gasteiger partial charge in [-0.3, -0.25) is 0 Å². The zero-order valence-electron chi connectivity index (χ0n) is 9.83. The van der Waals surface area contributed by atoms with E-state index in [0.29, 0.717) is 0 Å². The highest BCUT2D eigenvalue weighted by Crippen LogP contribution is 2.27. The van der Waals surface area contributed by atoms with Gasteiger partial charge in [0, 0.05) is 23.9 Å². The SMILES string of the molecule is CNCCc1nc(-c2cc(C)oc2C)cs1. The Morgan fingerprint density at radius 2 is 2.25 bits per heavy atom. The molecule has 0 aliphatic carbocycles. The quantitative estimate of drug-likeness (QED) is 0.887. The van der Waals surface area contributed by atoms with Crippen molar-refractivity contribution in [3.63, 3.8) is 0 Å². The van der Waals surface area contributed by atoms with Crippen LogP contribution < -0.4 is 5.32 Å². The maximum absolute atomic E-state index is 5.51. The van der Waals surface area contributed by atoms with Crippen molar-refractivity contribution in [2.24, 2.45) is 0 Å². The van der Waals surface area contributed by atoms with Crippen LogP contribution in [0.15, 0.2) is 15.9 Å². The maximum Gasteiger partial charge on any atom is 0.110 e. The number of hydrogen-bond acceptors (Lipinski definition) is 4. The molecule has 0 spiro atoms. The maximum atomic E-state index is 5.51. The van der Waals surface area contributed by atoms with Gasteiger partial charge >= 0.3 is 0 Å². The summed E-state index contributed by atoms with van der Waals surface area (Å²) in [6, 6.07) is 2.05. The number of likely N-dealkylation sites (N-methyl/N-ethyl adjacent to an activating group) is 1. The molecule has 0 radical (unpaired) electrons. The first-order chi connectivity index (χ1) is 7.70. The number of rotatable bonds is 4. The Morgan fingerprint density at radius 1 is 1.44 bits per heavy atom. The minimum atomic E-state index is 0.942. The Labute approximate surface area is 99.5 Å². The predicted molar refractivity (Wildman–Crippen MR) is 66.9 cm³/mol. The highest BCUT2D eigenvalue weighted by atomic mass is 32.1. The van der Waals surface area contributed by atoms with Gasteiger partial charge in [0.25, 0.3) is 0 Å². The second-order valence-corrected chi connectivity index (χ2v) is 4.75. The van der Waals surface area contributed by atoms with Crippen LogP contribution in [0.25, 0.3) is 11.3 Å². The predicted octanol–water partition coefficient (Wildman–Crippen LogP) is 2.78. The lowest BCUT2D eigenvalue weighted by Gasteiger charge is -1.94. The van der Waals surface area contributed by atoms with E-state index in [0.717, 1.165) is 35.7 Å². The van der Waals surface area contributed by atoms with E-state index in [4.69, 9.17) is 4.42 Å². The molecule has 4 heteroatoms. The summed E-state index contributed by atoms with van der Waals surface area (Å²) >= 11 is 1.71. The summed E-state index contributed by atoms with van der Waals surface area (Å²) in [5.41, 5.74) is 2.15. The molecule has 0 fully saturated rings. The molecule has 0 amide bonds. The van der Waals surface area contributed by atoms with Crippen LogP contribution in [-0.4, -0.2) is 18.6 Å². The zero-order chi connectivity index (χ0) is 11.5. The number of aromatic nitrogens is 1. The van der Waals surface area contributed by atoms with Gasteiger partial charge in [0.1, 0.15) is 11.5 Å². The molecule has 3 nitrogen and oxygen atoms in total. The molecule has 2 aromatic heterocycles. The van der Waals surface area contributed by atoms with Gasteiger partial charge in [-0.15, -0.1) is 11.3 Å². The Balaban J connectivity index is 2.21. The van der Waals surface area contributed by atoms with Crippen molar-refractivity contribution in [2.45, 2.75) is 20.3 Å². The van der Waals surface area contributed by atoms with Crippen LogP contribution in [0.1, 0.15) is 16.5 Å². The molecule has 0 aromatic carbocycles. The fraction of sp³-hybridized carbons (Fsp3) is 0.417. The van der Waals surface area contributed by atoms with E-state index >= 15 is 0 Å². The van der Waals surface area contributed by atoms with E-state index in [1.165, 1.54) is 5.01 Å². The Kier molecular flexibility index (Phi) is 3.41. The molecule has 0 unspecified atom stereocenters. The van der Waals surface area contributed by atoms with Gasteiger partial charge < -0.3 is 9.73 Å². The van der Waals surface area contributed by atoms with Crippen molar-refractivity contribution >= 4 is 11.3 Å². The number of aryl methyl sites for hydroxylation is 2. The van der Waals surface area contributed by atoms with E-state index < -0.39 is 0 Å². The van der Waals surface area contributed by atoms with Crippen LogP contribution in [0, 0.1) is 13.8 Å². The first kappa shape index (κ1) is 11.4. The third kappa shape index (κ3) is 2.33. The summed E-state index contributed by atoms with van der Waals surface area (Å²) in [4.78, 5) is 4.61. The van der Waals surface area contributed by atoms with Gasteiger partial charge in [-0.25, -0.2) is 4.98 Å². The van der Waals surface area contributed by atoms with E-state index in [2.05, 4.69) is 15.7 Å². The molecular weight excluding hydrogens is 220 g/mol. The highest BCUT2D eigenvalue weighted by molar-refractivity contribution is 7.09. The first-order valence-corrected chi connectivity index (χ1v) is 6.25. The lowest BCUT2D eigenvalue weighted by Crippen LogP contribution is -2.09. The van der Waals surface area contributed by atoms with Crippen LogP contribution in [0.5, 0.6) is 0 Å². The second kappa shape index (κ2) is 4.80. The first-order valence-electron chi connectivity index (χ1n) is 5.37. The third-order valence-electron chi connectivity index (χ3n) is 2.46. The Bertz CT molecular complexity index is 473. The minimum absolute atomic E-state index is 0.942. The van der Waals surface area contributed by atoms with Crippen molar-refractivity contribution < 1.29 is 4.42 Å². The molecule has 0 saturated carbocycles. The van der Waals surface area contributed by atoms with Crippen LogP contribution in [0.2, 0.25) is 0 Å². The van der Waals surface area contributed by atoms with Gasteiger partial charge in [0.2, 0.25) is 0 Å². The molecule has 0 bridgehead atoms. The van der Waals surface area contributed by atoms with Gasteiger partial charge in [0.15, 0.2) is 0 Å². The average Bonchev–Trinajstić information content (AvgIpc) is 2.82. The fourth-order valence-corrected chi connectivity index (χ4v) is 2.46. The van der Waals surface area contributed by atoms with Crippen LogP contribution in [-0.2, 0) is 6.42 Å². The normalized spacial score (nSPS) is 10.9. The minimum Gasteiger partial charge on any atom is -0.466 e. The number of nitrogens with one attached hydrogen (secondary N) is 1. The van der Waals surface area contributed by atoms with Gasteiger partial charge in [-0.2, -0.15) is 0 Å². The van der Waals surface area contributed by atoms with E-state index in [9.17, 15) is 0 Å². The molecule has 2 aromatic rings. The summed E-state index contributed by atoms with van der Waals surface area (Å²) in [5, 5.41) is 6.40. The van der Waals surface area contributed by atoms with Gasteiger partial charge in [0.05, 0.1) is 10.7 Å². The molecule has 2 heterocycles. The van der Waals surface area contributed by atoms with E-state index in [1.807, 2.05) is 27.0 Å². The Morgan fingerprint density at radius 3 is 2.88 bits per heavy atom. The number of nitrogens with zero attached hydrogens (tertiary/aromatic N) is 1. The second-order valence-electron chi connectivity index (χ2n) is 3.81. The standard InChI is InChI=1S/C12H16N2OS/c1-8-6-10(9(2)15-8)11-7-16-12(14-11)4-5-13-3/h6-7,13H,4-5H2,1-3H3. The topological polar surface area (TPSA) is 38.1 Å². The van der Waals surface area contributed by atoms with Gasteiger partial charge in [-0.1, -0.05) is 0 Å². The molecule has 0 saturated heterocycles. The summed E-state index contributed by atoms with van der Waals surface area (Å²) in [7, 11) is 1.96. The van der Waals surface area contributed by atoms with Crippen molar-refractivity contribution in [1.82, 2.24) is 10.3 Å². The lowest BCUT2D eigenvalue weighted by molar-refractivity contribution is 0.505. The molecule has 86 valence electrons. The van der Waals surface area contributed by atoms with Crippen molar-refractivity contribution in [2.75, 3.05) is 13.6 Å². The molecule has 16 heavy (non-hydrogen) atoms. The fourth-order valence-electron chi connectivity index (χ4n) is 1.67. The van der Waals surface area contributed by atoms with Crippen molar-refractivity contribution in [3.8, 4) is 11.3 Å². The number of furan rings is 1. The molecule has 2 rings (SSSR count). The highest BCUT2D eigenvalue weighted by Gasteiger charge is 2.10. The molecular formula is C12H16N2OS. The number of thiazole rings is 1. The van der Waals surface area contributed by atoms with Crippen molar-refractivity contribution in [1.29, 1.82) is 0 Å². The summed E-state index contributed by atoms with van der Waals surface area (Å²) < 4.78 is 5.51. The smallest absolute Gasteiger partial charge is 0.110 e. The average molecular weight is 236 g/mol. The third-order valence-corrected chi connectivity index (χ3v) is 3.37. The monoisotopic (exact) mass is 236 g/mol.